The van der Waals surface area contributed by atoms with Gasteiger partial charge in [-0.3, -0.25) is 4.79 Å². The summed E-state index contributed by atoms with van der Waals surface area (Å²) in [6.45, 7) is 5.40. The van der Waals surface area contributed by atoms with Gasteiger partial charge in [0.25, 0.3) is 0 Å². The van der Waals surface area contributed by atoms with Crippen LogP contribution in [0.4, 0.5) is 0 Å². The first-order valence-electron chi connectivity index (χ1n) is 8.97. The summed E-state index contributed by atoms with van der Waals surface area (Å²) in [5.41, 5.74) is 1.59. The molecule has 0 saturated carbocycles. The summed E-state index contributed by atoms with van der Waals surface area (Å²) < 4.78 is 16.6. The minimum Gasteiger partial charge on any atom is -0.479 e. The summed E-state index contributed by atoms with van der Waals surface area (Å²) in [4.78, 5) is 24.8. The van der Waals surface area contributed by atoms with Gasteiger partial charge >= 0.3 is 5.97 Å². The molecule has 3 rings (SSSR count). The minimum absolute atomic E-state index is 0.113. The third kappa shape index (κ3) is 4.19. The van der Waals surface area contributed by atoms with Gasteiger partial charge in [-0.1, -0.05) is 37.3 Å². The lowest BCUT2D eigenvalue weighted by atomic mass is 10.1. The van der Waals surface area contributed by atoms with E-state index in [2.05, 4.69) is 0 Å². The van der Waals surface area contributed by atoms with Crippen molar-refractivity contribution in [2.75, 3.05) is 0 Å². The van der Waals surface area contributed by atoms with Crippen molar-refractivity contribution in [3.63, 3.8) is 0 Å². The predicted octanol–water partition coefficient (Wildman–Crippen LogP) is 4.57. The molecule has 0 bridgehead atoms. The second-order valence-electron chi connectivity index (χ2n) is 6.42. The van der Waals surface area contributed by atoms with Crippen LogP contribution in [0.25, 0.3) is 22.1 Å². The molecular weight excluding hydrogens is 344 g/mol. The molecular formula is C22H22O5. The number of fused-ring (bicyclic) bond motifs is 1. The van der Waals surface area contributed by atoms with Crippen LogP contribution in [0.15, 0.2) is 64.0 Å². The van der Waals surface area contributed by atoms with Crippen molar-refractivity contribution in [2.24, 2.45) is 0 Å². The molecule has 0 fully saturated rings. The Bertz CT molecular complexity index is 991. The van der Waals surface area contributed by atoms with Gasteiger partial charge in [0.05, 0.1) is 17.1 Å². The van der Waals surface area contributed by atoms with Crippen molar-refractivity contribution in [3.8, 4) is 16.9 Å². The highest BCUT2D eigenvalue weighted by Crippen LogP contribution is 2.23. The number of carbonyl (C=O) groups excluding carboxylic acids is 1. The zero-order chi connectivity index (χ0) is 19.4. The minimum atomic E-state index is -0.758. The molecule has 140 valence electrons. The summed E-state index contributed by atoms with van der Waals surface area (Å²) in [5.74, 6) is 0.0111. The summed E-state index contributed by atoms with van der Waals surface area (Å²) in [6.07, 6.45) is 1.27. The van der Waals surface area contributed by atoms with Crippen LogP contribution in [-0.2, 0) is 9.53 Å². The lowest BCUT2D eigenvalue weighted by molar-refractivity contribution is -0.155. The number of esters is 1. The third-order valence-corrected chi connectivity index (χ3v) is 4.37. The Hall–Kier alpha value is -3.08. The van der Waals surface area contributed by atoms with E-state index in [4.69, 9.17) is 13.9 Å². The fourth-order valence-electron chi connectivity index (χ4n) is 2.63. The quantitative estimate of drug-likeness (QED) is 0.598. The van der Waals surface area contributed by atoms with Crippen molar-refractivity contribution < 1.29 is 18.7 Å². The van der Waals surface area contributed by atoms with E-state index < -0.39 is 12.1 Å². The molecule has 0 saturated heterocycles. The van der Waals surface area contributed by atoms with Gasteiger partial charge in [-0.25, -0.2) is 4.79 Å². The van der Waals surface area contributed by atoms with Crippen LogP contribution in [0.2, 0.25) is 0 Å². The molecule has 1 aromatic heterocycles. The van der Waals surface area contributed by atoms with E-state index in [0.717, 1.165) is 12.0 Å². The number of benzene rings is 2. The Morgan fingerprint density at radius 1 is 1.11 bits per heavy atom. The number of hydrogen-bond acceptors (Lipinski definition) is 5. The molecule has 2 atom stereocenters. The summed E-state index contributed by atoms with van der Waals surface area (Å²) >= 11 is 0. The third-order valence-electron chi connectivity index (χ3n) is 4.37. The molecule has 0 amide bonds. The average molecular weight is 366 g/mol. The van der Waals surface area contributed by atoms with Crippen molar-refractivity contribution in [1.29, 1.82) is 0 Å². The Kier molecular flexibility index (Phi) is 5.60. The largest absolute Gasteiger partial charge is 0.479 e. The number of rotatable bonds is 6. The highest BCUT2D eigenvalue weighted by molar-refractivity contribution is 5.82. The maximum atomic E-state index is 12.8. The topological polar surface area (TPSA) is 65.7 Å². The number of carbonyl (C=O) groups is 1. The SMILES string of the molecule is CC[C@H](C)OC(=O)[C@@H](C)Oc1ccc2c(=O)c(-c3ccccc3)coc2c1. The Morgan fingerprint density at radius 2 is 1.85 bits per heavy atom. The van der Waals surface area contributed by atoms with Gasteiger partial charge in [-0.15, -0.1) is 0 Å². The van der Waals surface area contributed by atoms with Crippen LogP contribution < -0.4 is 10.2 Å². The van der Waals surface area contributed by atoms with Gasteiger partial charge < -0.3 is 13.9 Å². The van der Waals surface area contributed by atoms with E-state index in [-0.39, 0.29) is 11.5 Å². The average Bonchev–Trinajstić information content (AvgIpc) is 2.68. The summed E-state index contributed by atoms with van der Waals surface area (Å²) in [5, 5.41) is 0.457. The van der Waals surface area contributed by atoms with Gasteiger partial charge in [0.15, 0.2) is 11.5 Å². The molecule has 0 spiro atoms. The smallest absolute Gasteiger partial charge is 0.347 e. The van der Waals surface area contributed by atoms with Gasteiger partial charge in [0.2, 0.25) is 0 Å². The zero-order valence-corrected chi connectivity index (χ0v) is 15.6. The van der Waals surface area contributed by atoms with E-state index in [1.165, 1.54) is 6.26 Å². The second kappa shape index (κ2) is 8.08. The molecule has 27 heavy (non-hydrogen) atoms. The molecule has 0 unspecified atom stereocenters. The maximum absolute atomic E-state index is 12.8. The Labute approximate surface area is 157 Å². The number of hydrogen-bond donors (Lipinski definition) is 0. The van der Waals surface area contributed by atoms with Gasteiger partial charge in [-0.2, -0.15) is 0 Å². The van der Waals surface area contributed by atoms with Crippen LogP contribution in [0, 0.1) is 0 Å². The monoisotopic (exact) mass is 366 g/mol. The highest BCUT2D eigenvalue weighted by Gasteiger charge is 2.19. The van der Waals surface area contributed by atoms with Gasteiger partial charge in [0.1, 0.15) is 17.6 Å². The standard InChI is InChI=1S/C22H22O5/c1-4-14(2)26-22(24)15(3)27-17-10-11-18-20(12-17)25-13-19(21(18)23)16-8-6-5-7-9-16/h5-15H,4H2,1-3H3/t14-,15+/m0/s1. The number of ether oxygens (including phenoxy) is 2. The fraction of sp³-hybridized carbons (Fsp3) is 0.273. The first kappa shape index (κ1) is 18.7. The van der Waals surface area contributed by atoms with E-state index in [0.29, 0.717) is 22.3 Å². The van der Waals surface area contributed by atoms with Crippen LogP contribution in [-0.4, -0.2) is 18.2 Å². The maximum Gasteiger partial charge on any atom is 0.347 e. The molecule has 5 nitrogen and oxygen atoms in total. The molecule has 0 aliphatic carbocycles. The van der Waals surface area contributed by atoms with Crippen LogP contribution in [0.1, 0.15) is 27.2 Å². The van der Waals surface area contributed by atoms with Gasteiger partial charge in [0, 0.05) is 6.07 Å². The lowest BCUT2D eigenvalue weighted by Crippen LogP contribution is -2.29. The molecule has 3 aromatic rings. The van der Waals surface area contributed by atoms with Gasteiger partial charge in [-0.05, 0) is 38.0 Å². The van der Waals surface area contributed by atoms with Crippen LogP contribution in [0.5, 0.6) is 5.75 Å². The van der Waals surface area contributed by atoms with Crippen molar-refractivity contribution in [3.05, 3.63) is 65.0 Å². The Morgan fingerprint density at radius 3 is 2.56 bits per heavy atom. The molecule has 5 heteroatoms. The first-order valence-corrected chi connectivity index (χ1v) is 8.97. The van der Waals surface area contributed by atoms with Crippen molar-refractivity contribution in [2.45, 2.75) is 39.4 Å². The van der Waals surface area contributed by atoms with Crippen molar-refractivity contribution >= 4 is 16.9 Å². The van der Waals surface area contributed by atoms with Crippen molar-refractivity contribution in [1.82, 2.24) is 0 Å². The van der Waals surface area contributed by atoms with E-state index in [1.54, 1.807) is 25.1 Å². The summed E-state index contributed by atoms with van der Waals surface area (Å²) in [7, 11) is 0. The van der Waals surface area contributed by atoms with Crippen LogP contribution in [0.3, 0.4) is 0 Å². The highest BCUT2D eigenvalue weighted by atomic mass is 16.6. The van der Waals surface area contributed by atoms with E-state index >= 15 is 0 Å². The molecule has 1 heterocycles. The molecule has 0 aliphatic heterocycles. The first-order chi connectivity index (χ1) is 13.0. The predicted molar refractivity (Wildman–Crippen MR) is 104 cm³/mol. The van der Waals surface area contributed by atoms with E-state index in [1.807, 2.05) is 44.2 Å². The molecule has 0 aliphatic rings. The molecule has 0 N–H and O–H groups in total. The lowest BCUT2D eigenvalue weighted by Gasteiger charge is -2.17. The van der Waals surface area contributed by atoms with Crippen LogP contribution >= 0.6 is 0 Å². The second-order valence-corrected chi connectivity index (χ2v) is 6.42. The molecule has 0 radical (unpaired) electrons. The van der Waals surface area contributed by atoms with E-state index in [9.17, 15) is 9.59 Å². The fourth-order valence-corrected chi connectivity index (χ4v) is 2.63. The molecule has 2 aromatic carbocycles. The summed E-state index contributed by atoms with van der Waals surface area (Å²) in [6, 6.07) is 14.3. The normalized spacial score (nSPS) is 13.1. The Balaban J connectivity index is 1.84. The zero-order valence-electron chi connectivity index (χ0n) is 15.6.